The van der Waals surface area contributed by atoms with E-state index in [1.165, 1.54) is 4.90 Å². The second-order valence-electron chi connectivity index (χ2n) is 7.56. The van der Waals surface area contributed by atoms with Crippen LogP contribution in [0.1, 0.15) is 17.3 Å². The lowest BCUT2D eigenvalue weighted by atomic mass is 9.98. The molecule has 8 nitrogen and oxygen atoms in total. The third kappa shape index (κ3) is 3.61. The minimum atomic E-state index is -0.751. The third-order valence-electron chi connectivity index (χ3n) is 5.18. The topological polar surface area (TPSA) is 93.4 Å². The number of likely N-dealkylation sites (tertiary alicyclic amines) is 1. The molecule has 30 heavy (non-hydrogen) atoms. The van der Waals surface area contributed by atoms with Crippen molar-refractivity contribution in [2.24, 2.45) is 0 Å². The summed E-state index contributed by atoms with van der Waals surface area (Å²) in [4.78, 5) is 32.8. The number of fused-ring (bicyclic) bond motifs is 1. The van der Waals surface area contributed by atoms with Crippen molar-refractivity contribution in [2.45, 2.75) is 6.04 Å². The van der Waals surface area contributed by atoms with Gasteiger partial charge in [-0.2, -0.15) is 0 Å². The Morgan fingerprint density at radius 3 is 2.63 bits per heavy atom. The summed E-state index contributed by atoms with van der Waals surface area (Å²) >= 11 is 0. The maximum absolute atomic E-state index is 12.9. The van der Waals surface area contributed by atoms with Crippen molar-refractivity contribution < 1.29 is 29.1 Å². The summed E-state index contributed by atoms with van der Waals surface area (Å²) in [7, 11) is 3.95. The van der Waals surface area contributed by atoms with Gasteiger partial charge in [0.15, 0.2) is 11.5 Å². The zero-order chi connectivity index (χ0) is 21.3. The molecule has 0 spiro atoms. The van der Waals surface area contributed by atoms with Gasteiger partial charge < -0.3 is 24.4 Å². The van der Waals surface area contributed by atoms with Gasteiger partial charge in [0.1, 0.15) is 25.0 Å². The molecule has 0 saturated carbocycles. The SMILES string of the molecule is C[NH+](C)CCN1C(=O)C(=O)C(=C(O)c2ccc3c(c2)OCCO3)[C@@H]1c1ccccn1. The summed E-state index contributed by atoms with van der Waals surface area (Å²) in [6.07, 6.45) is 1.61. The van der Waals surface area contributed by atoms with Crippen LogP contribution in [0.4, 0.5) is 0 Å². The van der Waals surface area contributed by atoms with Crippen LogP contribution in [0, 0.1) is 0 Å². The van der Waals surface area contributed by atoms with E-state index in [4.69, 9.17) is 9.47 Å². The molecule has 8 heteroatoms. The number of rotatable bonds is 5. The summed E-state index contributed by atoms with van der Waals surface area (Å²) in [5.74, 6) is -0.530. The van der Waals surface area contributed by atoms with Gasteiger partial charge in [-0.1, -0.05) is 6.07 Å². The second kappa shape index (κ2) is 8.16. The first-order valence-corrected chi connectivity index (χ1v) is 9.85. The number of carbonyl (C=O) groups excluding carboxylic acids is 2. The number of quaternary nitrogens is 1. The van der Waals surface area contributed by atoms with E-state index in [1.54, 1.807) is 42.6 Å². The number of pyridine rings is 1. The lowest BCUT2D eigenvalue weighted by Crippen LogP contribution is -3.06. The van der Waals surface area contributed by atoms with E-state index < -0.39 is 17.7 Å². The van der Waals surface area contributed by atoms with Gasteiger partial charge in [0.05, 0.1) is 38.5 Å². The summed E-state index contributed by atoms with van der Waals surface area (Å²) in [6, 6.07) is 9.52. The molecule has 4 rings (SSSR count). The van der Waals surface area contributed by atoms with Gasteiger partial charge in [-0.05, 0) is 30.3 Å². The Kier molecular flexibility index (Phi) is 5.41. The van der Waals surface area contributed by atoms with Crippen LogP contribution in [0.25, 0.3) is 5.76 Å². The van der Waals surface area contributed by atoms with Gasteiger partial charge in [0.25, 0.3) is 11.7 Å². The van der Waals surface area contributed by atoms with Gasteiger partial charge in [-0.3, -0.25) is 14.6 Å². The zero-order valence-electron chi connectivity index (χ0n) is 16.9. The molecule has 3 heterocycles. The van der Waals surface area contributed by atoms with Gasteiger partial charge in [0.2, 0.25) is 0 Å². The Morgan fingerprint density at radius 1 is 1.17 bits per heavy atom. The molecule has 2 aromatic rings. The van der Waals surface area contributed by atoms with Gasteiger partial charge in [-0.15, -0.1) is 0 Å². The number of benzene rings is 1. The maximum atomic E-state index is 12.9. The van der Waals surface area contributed by atoms with Crippen LogP contribution in [-0.4, -0.2) is 67.1 Å². The lowest BCUT2D eigenvalue weighted by molar-refractivity contribution is -0.857. The number of likely N-dealkylation sites (N-methyl/N-ethyl adjacent to an activating group) is 1. The summed E-state index contributed by atoms with van der Waals surface area (Å²) in [6.45, 7) is 1.88. The fourth-order valence-electron chi connectivity index (χ4n) is 3.65. The van der Waals surface area contributed by atoms with E-state index in [2.05, 4.69) is 4.98 Å². The third-order valence-corrected chi connectivity index (χ3v) is 5.18. The molecule has 0 aliphatic carbocycles. The number of aromatic nitrogens is 1. The highest BCUT2D eigenvalue weighted by atomic mass is 16.6. The number of hydrogen-bond acceptors (Lipinski definition) is 6. The number of amides is 1. The number of hydrogen-bond donors (Lipinski definition) is 2. The van der Waals surface area contributed by atoms with Crippen LogP contribution in [0.3, 0.4) is 0 Å². The van der Waals surface area contributed by atoms with Crippen molar-refractivity contribution in [1.82, 2.24) is 9.88 Å². The Hall–Kier alpha value is -3.39. The number of aliphatic hydroxyl groups excluding tert-OH is 1. The molecule has 1 aromatic carbocycles. The Labute approximate surface area is 174 Å². The van der Waals surface area contributed by atoms with E-state index in [1.807, 2.05) is 14.1 Å². The molecule has 1 amide bonds. The van der Waals surface area contributed by atoms with E-state index >= 15 is 0 Å². The molecule has 2 aliphatic rings. The second-order valence-corrected chi connectivity index (χ2v) is 7.56. The van der Waals surface area contributed by atoms with Gasteiger partial charge >= 0.3 is 0 Å². The average molecular weight is 410 g/mol. The van der Waals surface area contributed by atoms with Crippen molar-refractivity contribution in [3.8, 4) is 11.5 Å². The van der Waals surface area contributed by atoms with Crippen LogP contribution in [0.15, 0.2) is 48.2 Å². The fourth-order valence-corrected chi connectivity index (χ4v) is 3.65. The largest absolute Gasteiger partial charge is 0.507 e. The molecule has 2 N–H and O–H groups in total. The summed E-state index contributed by atoms with van der Waals surface area (Å²) < 4.78 is 11.1. The normalized spacial score (nSPS) is 20.1. The highest BCUT2D eigenvalue weighted by molar-refractivity contribution is 6.46. The smallest absolute Gasteiger partial charge is 0.295 e. The van der Waals surface area contributed by atoms with Crippen LogP contribution in [0.5, 0.6) is 11.5 Å². The predicted molar refractivity (Wildman–Crippen MR) is 108 cm³/mol. The van der Waals surface area contributed by atoms with Crippen molar-refractivity contribution in [3.63, 3.8) is 0 Å². The van der Waals surface area contributed by atoms with E-state index in [0.29, 0.717) is 49.1 Å². The lowest BCUT2D eigenvalue weighted by Gasteiger charge is -2.25. The minimum absolute atomic E-state index is 0.0316. The highest BCUT2D eigenvalue weighted by Gasteiger charge is 2.46. The molecule has 1 fully saturated rings. The fraction of sp³-hybridized carbons (Fsp3) is 0.318. The first kappa shape index (κ1) is 19.9. The molecule has 1 atom stereocenters. The summed E-state index contributed by atoms with van der Waals surface area (Å²) in [5.41, 5.74) is 0.949. The summed E-state index contributed by atoms with van der Waals surface area (Å²) in [5, 5.41) is 11.1. The van der Waals surface area contributed by atoms with Crippen LogP contribution in [0.2, 0.25) is 0 Å². The monoisotopic (exact) mass is 410 g/mol. The standard InChI is InChI=1S/C22H23N3O5/c1-24(2)9-10-25-19(15-5-3-4-8-23-15)18(21(27)22(25)28)20(26)14-6-7-16-17(13-14)30-12-11-29-16/h3-8,13,19,26H,9-12H2,1-2H3/p+1/t19-/m0/s1. The number of ether oxygens (including phenoxy) is 2. The molecule has 1 aromatic heterocycles. The van der Waals surface area contributed by atoms with Crippen LogP contribution in [-0.2, 0) is 9.59 Å². The van der Waals surface area contributed by atoms with Crippen molar-refractivity contribution in [3.05, 3.63) is 59.4 Å². The van der Waals surface area contributed by atoms with Crippen LogP contribution < -0.4 is 14.4 Å². The molecule has 0 bridgehead atoms. The van der Waals surface area contributed by atoms with Crippen molar-refractivity contribution in [2.75, 3.05) is 40.4 Å². The first-order chi connectivity index (χ1) is 14.5. The van der Waals surface area contributed by atoms with Crippen LogP contribution >= 0.6 is 0 Å². The zero-order valence-corrected chi connectivity index (χ0v) is 16.9. The Bertz CT molecular complexity index is 1000. The van der Waals surface area contributed by atoms with Crippen molar-refractivity contribution in [1.29, 1.82) is 0 Å². The Balaban J connectivity index is 1.81. The molecule has 0 unspecified atom stereocenters. The number of nitrogens with one attached hydrogen (secondary N) is 1. The van der Waals surface area contributed by atoms with Gasteiger partial charge in [0, 0.05) is 11.8 Å². The van der Waals surface area contributed by atoms with E-state index in [0.717, 1.165) is 4.90 Å². The molecule has 156 valence electrons. The minimum Gasteiger partial charge on any atom is -0.507 e. The first-order valence-electron chi connectivity index (χ1n) is 9.85. The highest BCUT2D eigenvalue weighted by Crippen LogP contribution is 2.40. The number of aliphatic hydroxyl groups is 1. The van der Waals surface area contributed by atoms with Gasteiger partial charge in [-0.25, -0.2) is 0 Å². The maximum Gasteiger partial charge on any atom is 0.295 e. The van der Waals surface area contributed by atoms with Crippen molar-refractivity contribution >= 4 is 17.4 Å². The molecule has 2 aliphatic heterocycles. The molecule has 0 radical (unpaired) electrons. The molecule has 1 saturated heterocycles. The average Bonchev–Trinajstić information content (AvgIpc) is 3.02. The number of Topliss-reactive ketones (excluding diaryl/α,β-unsaturated/α-hetero) is 1. The number of carbonyl (C=O) groups is 2. The quantitative estimate of drug-likeness (QED) is 0.422. The molecular formula is C22H24N3O5+. The predicted octanol–water partition coefficient (Wildman–Crippen LogP) is 0.419. The van der Waals surface area contributed by atoms with E-state index in [-0.39, 0.29) is 11.3 Å². The molecular weight excluding hydrogens is 386 g/mol. The number of ketones is 1. The Morgan fingerprint density at radius 2 is 1.93 bits per heavy atom. The van der Waals surface area contributed by atoms with E-state index in [9.17, 15) is 14.7 Å². The number of nitrogens with zero attached hydrogens (tertiary/aromatic N) is 2.